The summed E-state index contributed by atoms with van der Waals surface area (Å²) in [5.41, 5.74) is 6.93. The topological polar surface area (TPSA) is 63.3 Å². The lowest BCUT2D eigenvalue weighted by Gasteiger charge is -2.27. The Morgan fingerprint density at radius 3 is 2.42 bits per heavy atom. The number of aryl methyl sites for hydroxylation is 1. The maximum absolute atomic E-state index is 10.9. The lowest BCUT2D eigenvalue weighted by Crippen LogP contribution is -2.46. The zero-order chi connectivity index (χ0) is 14.5. The van der Waals surface area contributed by atoms with E-state index >= 15 is 0 Å². The minimum absolute atomic E-state index is 0.445. The van der Waals surface area contributed by atoms with Gasteiger partial charge in [-0.3, -0.25) is 4.79 Å². The Bertz CT molecular complexity index is 418. The molecule has 19 heavy (non-hydrogen) atoms. The maximum Gasteiger partial charge on any atom is 0.321 e. The van der Waals surface area contributed by atoms with Crippen molar-refractivity contribution < 1.29 is 9.90 Å². The van der Waals surface area contributed by atoms with Crippen molar-refractivity contribution in [2.75, 3.05) is 11.5 Å². The van der Waals surface area contributed by atoms with Crippen LogP contribution in [0.3, 0.4) is 0 Å². The molecule has 1 atom stereocenters. The van der Waals surface area contributed by atoms with Gasteiger partial charge in [0.2, 0.25) is 0 Å². The summed E-state index contributed by atoms with van der Waals surface area (Å²) in [7, 11) is 0. The van der Waals surface area contributed by atoms with Crippen molar-refractivity contribution in [3.05, 3.63) is 29.8 Å². The van der Waals surface area contributed by atoms with Gasteiger partial charge in [-0.1, -0.05) is 17.7 Å². The Morgan fingerprint density at radius 2 is 1.89 bits per heavy atom. The van der Waals surface area contributed by atoms with Crippen molar-refractivity contribution in [1.82, 2.24) is 0 Å². The molecule has 3 N–H and O–H groups in total. The van der Waals surface area contributed by atoms with Crippen molar-refractivity contribution in [3.8, 4) is 0 Å². The molecule has 0 saturated heterocycles. The highest BCUT2D eigenvalue weighted by molar-refractivity contribution is 8.03. The second-order valence-corrected chi connectivity index (χ2v) is 7.85. The summed E-state index contributed by atoms with van der Waals surface area (Å²) in [6, 6.07) is 7.58. The second-order valence-electron chi connectivity index (χ2n) is 4.93. The third kappa shape index (κ3) is 5.47. The van der Waals surface area contributed by atoms with E-state index in [-0.39, 0.29) is 0 Å². The van der Waals surface area contributed by atoms with Gasteiger partial charge in [0.1, 0.15) is 6.04 Å². The number of thioether (sulfide) groups is 2. The molecular formula is C14H21NO2S2. The average Bonchev–Trinajstić information content (AvgIpc) is 2.35. The van der Waals surface area contributed by atoms with Crippen LogP contribution in [0.15, 0.2) is 29.2 Å². The maximum atomic E-state index is 10.9. The number of hydrogen-bond donors (Lipinski definition) is 2. The van der Waals surface area contributed by atoms with Gasteiger partial charge in [0.15, 0.2) is 0 Å². The van der Waals surface area contributed by atoms with E-state index in [1.807, 2.05) is 13.8 Å². The molecule has 0 aliphatic rings. The summed E-state index contributed by atoms with van der Waals surface area (Å²) in [5, 5.41) is 8.93. The summed E-state index contributed by atoms with van der Waals surface area (Å²) >= 11 is 3.39. The molecule has 0 fully saturated rings. The molecule has 1 rings (SSSR count). The first-order valence-corrected chi connectivity index (χ1v) is 8.12. The highest BCUT2D eigenvalue weighted by Crippen LogP contribution is 2.29. The fourth-order valence-corrected chi connectivity index (χ4v) is 3.52. The number of rotatable bonds is 7. The highest BCUT2D eigenvalue weighted by atomic mass is 32.2. The Kier molecular flexibility index (Phi) is 6.23. The number of carboxylic acid groups (broad SMARTS) is 1. The number of carbonyl (C=O) groups is 1. The minimum Gasteiger partial charge on any atom is -0.480 e. The van der Waals surface area contributed by atoms with Gasteiger partial charge < -0.3 is 10.8 Å². The van der Waals surface area contributed by atoms with Gasteiger partial charge in [-0.05, 0) is 32.9 Å². The molecule has 1 aromatic carbocycles. The molecule has 5 heteroatoms. The Morgan fingerprint density at radius 1 is 1.32 bits per heavy atom. The molecule has 0 saturated carbocycles. The lowest BCUT2D eigenvalue weighted by molar-refractivity contribution is -0.139. The molecule has 1 aromatic rings. The standard InChI is InChI=1S/C14H21NO2S2/c1-10-4-6-11(7-5-10)18-8-9-19-14(2,3)12(15)13(16)17/h4-7,12H,8-9,15H2,1-3H3,(H,16,17)/t12-/m0/s1. The third-order valence-electron chi connectivity index (χ3n) is 2.86. The van der Waals surface area contributed by atoms with E-state index in [9.17, 15) is 4.79 Å². The normalized spacial score (nSPS) is 13.3. The Balaban J connectivity index is 2.34. The lowest BCUT2D eigenvalue weighted by atomic mass is 10.1. The van der Waals surface area contributed by atoms with E-state index < -0.39 is 16.8 Å². The number of aliphatic carboxylic acids is 1. The van der Waals surface area contributed by atoms with Crippen LogP contribution in [0.1, 0.15) is 19.4 Å². The van der Waals surface area contributed by atoms with Crippen LogP contribution in [0.5, 0.6) is 0 Å². The largest absolute Gasteiger partial charge is 0.480 e. The van der Waals surface area contributed by atoms with Crippen molar-refractivity contribution >= 4 is 29.5 Å². The molecule has 0 aliphatic heterocycles. The van der Waals surface area contributed by atoms with E-state index in [2.05, 4.69) is 31.2 Å². The summed E-state index contributed by atoms with van der Waals surface area (Å²) in [4.78, 5) is 12.1. The predicted octanol–water partition coefficient (Wildman–Crippen LogP) is 3.01. The van der Waals surface area contributed by atoms with Gasteiger partial charge in [0, 0.05) is 21.1 Å². The van der Waals surface area contributed by atoms with Crippen molar-refractivity contribution in [2.24, 2.45) is 5.73 Å². The van der Waals surface area contributed by atoms with E-state index in [0.717, 1.165) is 11.5 Å². The van der Waals surface area contributed by atoms with Crippen LogP contribution < -0.4 is 5.73 Å². The Hall–Kier alpha value is -0.650. The quantitative estimate of drug-likeness (QED) is 0.598. The van der Waals surface area contributed by atoms with Crippen LogP contribution in [0.2, 0.25) is 0 Å². The first-order chi connectivity index (χ1) is 8.83. The molecule has 3 nitrogen and oxygen atoms in total. The van der Waals surface area contributed by atoms with Crippen LogP contribution in [-0.2, 0) is 4.79 Å². The smallest absolute Gasteiger partial charge is 0.321 e. The fourth-order valence-electron chi connectivity index (χ4n) is 1.49. The SMILES string of the molecule is Cc1ccc(SCCSC(C)(C)[C@@H](N)C(=O)O)cc1. The minimum atomic E-state index is -0.941. The summed E-state index contributed by atoms with van der Waals surface area (Å²) in [6.07, 6.45) is 0. The fraction of sp³-hybridized carbons (Fsp3) is 0.500. The molecule has 0 amide bonds. The molecule has 0 unspecified atom stereocenters. The monoisotopic (exact) mass is 299 g/mol. The summed E-state index contributed by atoms with van der Waals surface area (Å²) < 4.78 is -0.445. The highest BCUT2D eigenvalue weighted by Gasteiger charge is 2.32. The second kappa shape index (κ2) is 7.22. The Labute approximate surface area is 123 Å². The first-order valence-electron chi connectivity index (χ1n) is 6.15. The van der Waals surface area contributed by atoms with E-state index in [1.54, 1.807) is 23.5 Å². The zero-order valence-corrected chi connectivity index (χ0v) is 13.2. The van der Waals surface area contributed by atoms with Crippen molar-refractivity contribution in [2.45, 2.75) is 36.5 Å². The summed E-state index contributed by atoms with van der Waals surface area (Å²) in [5.74, 6) is 0.888. The third-order valence-corrected chi connectivity index (χ3v) is 5.54. The predicted molar refractivity (Wildman–Crippen MR) is 84.1 cm³/mol. The van der Waals surface area contributed by atoms with E-state index in [0.29, 0.717) is 0 Å². The molecule has 0 bridgehead atoms. The number of hydrogen-bond acceptors (Lipinski definition) is 4. The first kappa shape index (κ1) is 16.4. The van der Waals surface area contributed by atoms with Crippen LogP contribution in [-0.4, -0.2) is 33.4 Å². The van der Waals surface area contributed by atoms with Crippen molar-refractivity contribution in [3.63, 3.8) is 0 Å². The van der Waals surface area contributed by atoms with Crippen LogP contribution >= 0.6 is 23.5 Å². The van der Waals surface area contributed by atoms with E-state index in [1.165, 1.54) is 10.5 Å². The van der Waals surface area contributed by atoms with Gasteiger partial charge in [0.25, 0.3) is 0 Å². The molecule has 0 radical (unpaired) electrons. The average molecular weight is 299 g/mol. The van der Waals surface area contributed by atoms with Crippen molar-refractivity contribution in [1.29, 1.82) is 0 Å². The number of benzene rings is 1. The molecule has 0 aliphatic carbocycles. The van der Waals surface area contributed by atoms with Crippen LogP contribution in [0.25, 0.3) is 0 Å². The summed E-state index contributed by atoms with van der Waals surface area (Å²) in [6.45, 7) is 5.83. The van der Waals surface area contributed by atoms with Crippen LogP contribution in [0.4, 0.5) is 0 Å². The molecule has 0 spiro atoms. The zero-order valence-electron chi connectivity index (χ0n) is 11.6. The van der Waals surface area contributed by atoms with Gasteiger partial charge in [-0.25, -0.2) is 0 Å². The number of carboxylic acids is 1. The molecular weight excluding hydrogens is 278 g/mol. The number of nitrogens with two attached hydrogens (primary N) is 1. The van der Waals surface area contributed by atoms with Gasteiger partial charge in [0.05, 0.1) is 0 Å². The molecule has 0 aromatic heterocycles. The molecule has 0 heterocycles. The molecule has 106 valence electrons. The van der Waals surface area contributed by atoms with Gasteiger partial charge in [-0.15, -0.1) is 11.8 Å². The van der Waals surface area contributed by atoms with Crippen LogP contribution in [0, 0.1) is 6.92 Å². The van der Waals surface area contributed by atoms with E-state index in [4.69, 9.17) is 10.8 Å². The van der Waals surface area contributed by atoms with Gasteiger partial charge in [-0.2, -0.15) is 11.8 Å². The van der Waals surface area contributed by atoms with Gasteiger partial charge >= 0.3 is 5.97 Å².